The van der Waals surface area contributed by atoms with Gasteiger partial charge in [0.2, 0.25) is 0 Å². The fourth-order valence-electron chi connectivity index (χ4n) is 2.19. The van der Waals surface area contributed by atoms with Gasteiger partial charge in [0.15, 0.2) is 0 Å². The lowest BCUT2D eigenvalue weighted by molar-refractivity contribution is 0.182. The third-order valence-electron chi connectivity index (χ3n) is 3.20. The third-order valence-corrected chi connectivity index (χ3v) is 4.32. The number of hydrogen-bond acceptors (Lipinski definition) is 5. The zero-order valence-corrected chi connectivity index (χ0v) is 13.8. The summed E-state index contributed by atoms with van der Waals surface area (Å²) >= 11 is 6.62. The number of thiol groups is 1. The van der Waals surface area contributed by atoms with Crippen molar-refractivity contribution < 1.29 is 4.74 Å². The van der Waals surface area contributed by atoms with Gasteiger partial charge in [0.1, 0.15) is 12.3 Å². The molecule has 18 heavy (non-hydrogen) atoms. The molecule has 1 heterocycles. The Labute approximate surface area is 122 Å². The van der Waals surface area contributed by atoms with Crippen LogP contribution < -0.4 is 0 Å². The maximum Gasteiger partial charge on any atom is 0.139 e. The molecular weight excluding hydrogens is 264 g/mol. The first-order valence-electron chi connectivity index (χ1n) is 6.79. The minimum Gasteiger partial charge on any atom is -0.352 e. The SMILES string of the molecule is CCN(CC(S)CCCSC)C1OC1CN(C)C. The molecule has 0 aliphatic carbocycles. The smallest absolute Gasteiger partial charge is 0.139 e. The molecule has 1 rings (SSSR count). The van der Waals surface area contributed by atoms with E-state index >= 15 is 0 Å². The summed E-state index contributed by atoms with van der Waals surface area (Å²) in [6.45, 7) is 5.32. The molecule has 0 radical (unpaired) electrons. The first-order valence-corrected chi connectivity index (χ1v) is 8.70. The van der Waals surface area contributed by atoms with E-state index in [1.165, 1.54) is 18.6 Å². The average Bonchev–Trinajstić information content (AvgIpc) is 3.04. The van der Waals surface area contributed by atoms with Crippen molar-refractivity contribution in [2.24, 2.45) is 0 Å². The highest BCUT2D eigenvalue weighted by molar-refractivity contribution is 7.98. The first-order chi connectivity index (χ1) is 8.58. The molecule has 0 aromatic carbocycles. The summed E-state index contributed by atoms with van der Waals surface area (Å²) in [6.07, 6.45) is 5.35. The zero-order chi connectivity index (χ0) is 13.5. The molecule has 3 unspecified atom stereocenters. The van der Waals surface area contributed by atoms with Gasteiger partial charge in [-0.15, -0.1) is 0 Å². The second-order valence-electron chi connectivity index (χ2n) is 5.20. The summed E-state index contributed by atoms with van der Waals surface area (Å²) in [4.78, 5) is 4.61. The van der Waals surface area contributed by atoms with E-state index in [0.717, 1.165) is 19.6 Å². The number of nitrogens with zero attached hydrogens (tertiary/aromatic N) is 2. The lowest BCUT2D eigenvalue weighted by atomic mass is 10.2. The van der Waals surface area contributed by atoms with Crippen molar-refractivity contribution >= 4 is 24.4 Å². The molecule has 5 heteroatoms. The second kappa shape index (κ2) is 8.69. The maximum atomic E-state index is 5.75. The molecule has 1 aliphatic rings. The van der Waals surface area contributed by atoms with Gasteiger partial charge >= 0.3 is 0 Å². The summed E-state index contributed by atoms with van der Waals surface area (Å²) < 4.78 is 5.75. The largest absolute Gasteiger partial charge is 0.352 e. The standard InChI is InChI=1S/C13H28N2OS2/c1-5-15(9-11(17)7-6-8-18-4)13-12(16-13)10-14(2)3/h11-13,17H,5-10H2,1-4H3. The molecule has 0 amide bonds. The minimum atomic E-state index is 0.326. The van der Waals surface area contributed by atoms with Gasteiger partial charge in [-0.1, -0.05) is 6.92 Å². The van der Waals surface area contributed by atoms with Crippen molar-refractivity contribution in [3.8, 4) is 0 Å². The van der Waals surface area contributed by atoms with Crippen LogP contribution in [0.15, 0.2) is 0 Å². The van der Waals surface area contributed by atoms with Crippen LogP contribution in [0.1, 0.15) is 19.8 Å². The molecule has 1 fully saturated rings. The molecule has 0 aromatic heterocycles. The van der Waals surface area contributed by atoms with Crippen LogP contribution in [0.5, 0.6) is 0 Å². The highest BCUT2D eigenvalue weighted by Crippen LogP contribution is 2.27. The van der Waals surface area contributed by atoms with Crippen LogP contribution in [0, 0.1) is 0 Å². The van der Waals surface area contributed by atoms with Crippen molar-refractivity contribution in [2.75, 3.05) is 45.7 Å². The van der Waals surface area contributed by atoms with Crippen LogP contribution in [0.4, 0.5) is 0 Å². The minimum absolute atomic E-state index is 0.326. The maximum absolute atomic E-state index is 5.75. The Hall–Kier alpha value is 0.580. The summed E-state index contributed by atoms with van der Waals surface area (Å²) in [5.74, 6) is 1.24. The van der Waals surface area contributed by atoms with E-state index in [9.17, 15) is 0 Å². The summed E-state index contributed by atoms with van der Waals surface area (Å²) in [5, 5.41) is 0.473. The van der Waals surface area contributed by atoms with E-state index in [0.29, 0.717) is 17.6 Å². The zero-order valence-electron chi connectivity index (χ0n) is 12.1. The van der Waals surface area contributed by atoms with Gasteiger partial charge < -0.3 is 9.64 Å². The van der Waals surface area contributed by atoms with Crippen LogP contribution >= 0.6 is 24.4 Å². The monoisotopic (exact) mass is 292 g/mol. The number of thioether (sulfide) groups is 1. The molecule has 0 bridgehead atoms. The highest BCUT2D eigenvalue weighted by atomic mass is 32.2. The van der Waals surface area contributed by atoms with Crippen LogP contribution in [-0.4, -0.2) is 73.1 Å². The lowest BCUT2D eigenvalue weighted by Crippen LogP contribution is -2.35. The van der Waals surface area contributed by atoms with Gasteiger partial charge in [-0.3, -0.25) is 4.90 Å². The Morgan fingerprint density at radius 1 is 1.39 bits per heavy atom. The van der Waals surface area contributed by atoms with E-state index in [1.807, 2.05) is 11.8 Å². The quantitative estimate of drug-likeness (QED) is 0.377. The van der Waals surface area contributed by atoms with Gasteiger partial charge in [-0.05, 0) is 45.5 Å². The van der Waals surface area contributed by atoms with Crippen molar-refractivity contribution in [3.05, 3.63) is 0 Å². The van der Waals surface area contributed by atoms with Crippen molar-refractivity contribution in [1.29, 1.82) is 0 Å². The van der Waals surface area contributed by atoms with E-state index in [1.54, 1.807) is 0 Å². The van der Waals surface area contributed by atoms with Gasteiger partial charge in [0, 0.05) is 18.3 Å². The summed E-state index contributed by atoms with van der Waals surface area (Å²) in [7, 11) is 4.19. The molecule has 3 atom stereocenters. The Balaban J connectivity index is 2.22. The first kappa shape index (κ1) is 16.6. The van der Waals surface area contributed by atoms with E-state index in [4.69, 9.17) is 17.4 Å². The molecule has 0 aromatic rings. The molecule has 0 saturated carbocycles. The number of epoxide rings is 1. The molecular formula is C13H28N2OS2. The van der Waals surface area contributed by atoms with Crippen molar-refractivity contribution in [3.63, 3.8) is 0 Å². The van der Waals surface area contributed by atoms with E-state index < -0.39 is 0 Å². The Morgan fingerprint density at radius 2 is 2.11 bits per heavy atom. The molecule has 0 N–H and O–H groups in total. The average molecular weight is 293 g/mol. The van der Waals surface area contributed by atoms with E-state index in [-0.39, 0.29) is 0 Å². The lowest BCUT2D eigenvalue weighted by Gasteiger charge is -2.22. The molecule has 1 aliphatic heterocycles. The number of rotatable bonds is 10. The Morgan fingerprint density at radius 3 is 2.67 bits per heavy atom. The fourth-order valence-corrected chi connectivity index (χ4v) is 3.03. The number of likely N-dealkylation sites (N-methyl/N-ethyl adjacent to an activating group) is 2. The molecule has 3 nitrogen and oxygen atoms in total. The summed E-state index contributed by atoms with van der Waals surface area (Å²) in [5.41, 5.74) is 0. The van der Waals surface area contributed by atoms with Crippen LogP contribution in [0.2, 0.25) is 0 Å². The van der Waals surface area contributed by atoms with Crippen LogP contribution in [-0.2, 0) is 4.74 Å². The number of ether oxygens (including phenoxy) is 1. The van der Waals surface area contributed by atoms with Crippen LogP contribution in [0.25, 0.3) is 0 Å². The predicted octanol–water partition coefficient (Wildman–Crippen LogP) is 2.04. The fraction of sp³-hybridized carbons (Fsp3) is 1.00. The second-order valence-corrected chi connectivity index (χ2v) is 6.92. The topological polar surface area (TPSA) is 19.0 Å². The van der Waals surface area contributed by atoms with Gasteiger partial charge in [-0.2, -0.15) is 24.4 Å². The Bertz CT molecular complexity index is 229. The van der Waals surface area contributed by atoms with Crippen LogP contribution in [0.3, 0.4) is 0 Å². The number of hydrogen-bond donors (Lipinski definition) is 1. The van der Waals surface area contributed by atoms with Gasteiger partial charge in [0.05, 0.1) is 0 Å². The molecule has 1 saturated heterocycles. The van der Waals surface area contributed by atoms with E-state index in [2.05, 4.69) is 37.1 Å². The predicted molar refractivity (Wildman–Crippen MR) is 84.9 cm³/mol. The van der Waals surface area contributed by atoms with Gasteiger partial charge in [-0.25, -0.2) is 0 Å². The normalized spacial score (nSPS) is 24.8. The molecule has 0 spiro atoms. The highest BCUT2D eigenvalue weighted by Gasteiger charge is 2.43. The Kier molecular flexibility index (Phi) is 8.03. The molecule has 108 valence electrons. The van der Waals surface area contributed by atoms with Crippen molar-refractivity contribution in [1.82, 2.24) is 9.80 Å². The third kappa shape index (κ3) is 6.15. The summed E-state index contributed by atoms with van der Waals surface area (Å²) in [6, 6.07) is 0. The van der Waals surface area contributed by atoms with Gasteiger partial charge in [0.25, 0.3) is 0 Å². The van der Waals surface area contributed by atoms with Crippen molar-refractivity contribution in [2.45, 2.75) is 37.3 Å².